The molecule has 1 aromatic carbocycles. The molecule has 0 radical (unpaired) electrons. The Hall–Kier alpha value is -1.68. The van der Waals surface area contributed by atoms with Crippen LogP contribution >= 0.6 is 0 Å². The minimum Gasteiger partial charge on any atom is -0.334 e. The first-order valence-corrected chi connectivity index (χ1v) is 4.76. The van der Waals surface area contributed by atoms with Gasteiger partial charge in [0.05, 0.1) is 5.54 Å². The summed E-state index contributed by atoms with van der Waals surface area (Å²) in [6.07, 6.45) is 0. The molecular weight excluding hydrogens is 190 g/mol. The number of rotatable bonds is 2. The van der Waals surface area contributed by atoms with Gasteiger partial charge in [0.15, 0.2) is 5.82 Å². The van der Waals surface area contributed by atoms with Crippen molar-refractivity contribution in [1.82, 2.24) is 10.1 Å². The van der Waals surface area contributed by atoms with Gasteiger partial charge in [-0.15, -0.1) is 0 Å². The second-order valence-electron chi connectivity index (χ2n) is 4.01. The summed E-state index contributed by atoms with van der Waals surface area (Å²) in [5.41, 5.74) is 6.19. The maximum atomic E-state index is 5.86. The molecule has 78 valence electrons. The van der Waals surface area contributed by atoms with E-state index < -0.39 is 5.54 Å². The van der Waals surface area contributed by atoms with Gasteiger partial charge in [0.25, 0.3) is 5.89 Å². The van der Waals surface area contributed by atoms with Crippen LogP contribution in [0.25, 0.3) is 11.5 Å². The largest absolute Gasteiger partial charge is 0.334 e. The smallest absolute Gasteiger partial charge is 0.257 e. The predicted octanol–water partition coefficient (Wildman–Crippen LogP) is 1.93. The van der Waals surface area contributed by atoms with Gasteiger partial charge in [0.2, 0.25) is 0 Å². The van der Waals surface area contributed by atoms with E-state index in [9.17, 15) is 0 Å². The summed E-state index contributed by atoms with van der Waals surface area (Å²) in [7, 11) is 0. The molecule has 0 fully saturated rings. The standard InChI is InChI=1S/C11H13N3O/c1-11(2,12)10-13-9(15-14-10)8-6-4-3-5-7-8/h3-7H,12H2,1-2H3. The summed E-state index contributed by atoms with van der Waals surface area (Å²) in [6, 6.07) is 9.62. The van der Waals surface area contributed by atoms with Gasteiger partial charge in [-0.05, 0) is 26.0 Å². The number of hydrogen-bond acceptors (Lipinski definition) is 4. The summed E-state index contributed by atoms with van der Waals surface area (Å²) < 4.78 is 5.14. The SMILES string of the molecule is CC(C)(N)c1noc(-c2ccccc2)n1. The van der Waals surface area contributed by atoms with Gasteiger partial charge in [-0.3, -0.25) is 0 Å². The molecule has 2 rings (SSSR count). The first-order valence-electron chi connectivity index (χ1n) is 4.76. The highest BCUT2D eigenvalue weighted by Crippen LogP contribution is 2.20. The molecule has 0 saturated carbocycles. The van der Waals surface area contributed by atoms with Crippen LogP contribution in [0.5, 0.6) is 0 Å². The monoisotopic (exact) mass is 203 g/mol. The second kappa shape index (κ2) is 3.47. The minimum atomic E-state index is -0.573. The normalized spacial score (nSPS) is 11.7. The first kappa shape index (κ1) is 9.86. The molecule has 0 amide bonds. The highest BCUT2D eigenvalue weighted by atomic mass is 16.5. The van der Waals surface area contributed by atoms with Crippen molar-refractivity contribution in [2.75, 3.05) is 0 Å². The average Bonchev–Trinajstić information content (AvgIpc) is 2.67. The molecule has 1 heterocycles. The number of nitrogens with zero attached hydrogens (tertiary/aromatic N) is 2. The molecule has 1 aromatic heterocycles. The lowest BCUT2D eigenvalue weighted by atomic mass is 10.1. The Morgan fingerprint density at radius 3 is 2.40 bits per heavy atom. The third-order valence-corrected chi connectivity index (χ3v) is 2.02. The Bertz CT molecular complexity index is 442. The highest BCUT2D eigenvalue weighted by molar-refractivity contribution is 5.52. The number of benzene rings is 1. The summed E-state index contributed by atoms with van der Waals surface area (Å²) in [5, 5.41) is 3.85. The summed E-state index contributed by atoms with van der Waals surface area (Å²) in [5.74, 6) is 1.02. The van der Waals surface area contributed by atoms with E-state index in [2.05, 4.69) is 10.1 Å². The van der Waals surface area contributed by atoms with E-state index in [-0.39, 0.29) is 0 Å². The Balaban J connectivity index is 2.37. The van der Waals surface area contributed by atoms with Crippen molar-refractivity contribution in [3.63, 3.8) is 0 Å². The van der Waals surface area contributed by atoms with Crippen LogP contribution in [-0.4, -0.2) is 10.1 Å². The van der Waals surface area contributed by atoms with Crippen LogP contribution in [0.1, 0.15) is 19.7 Å². The van der Waals surface area contributed by atoms with Gasteiger partial charge in [-0.25, -0.2) is 0 Å². The molecule has 0 aliphatic heterocycles. The Morgan fingerprint density at radius 1 is 1.20 bits per heavy atom. The number of aromatic nitrogens is 2. The molecule has 0 unspecified atom stereocenters. The van der Waals surface area contributed by atoms with Crippen LogP contribution < -0.4 is 5.73 Å². The highest BCUT2D eigenvalue weighted by Gasteiger charge is 2.21. The van der Waals surface area contributed by atoms with Crippen molar-refractivity contribution in [1.29, 1.82) is 0 Å². The van der Waals surface area contributed by atoms with E-state index in [1.165, 1.54) is 0 Å². The minimum absolute atomic E-state index is 0.504. The van der Waals surface area contributed by atoms with E-state index in [0.29, 0.717) is 11.7 Å². The zero-order chi connectivity index (χ0) is 10.9. The number of nitrogens with two attached hydrogens (primary N) is 1. The van der Waals surface area contributed by atoms with Gasteiger partial charge < -0.3 is 10.3 Å². The van der Waals surface area contributed by atoms with Gasteiger partial charge in [0, 0.05) is 5.56 Å². The van der Waals surface area contributed by atoms with E-state index in [4.69, 9.17) is 10.3 Å². The van der Waals surface area contributed by atoms with E-state index in [1.54, 1.807) is 0 Å². The van der Waals surface area contributed by atoms with Gasteiger partial charge in [-0.1, -0.05) is 23.4 Å². The van der Waals surface area contributed by atoms with E-state index in [0.717, 1.165) is 5.56 Å². The molecule has 4 nitrogen and oxygen atoms in total. The fourth-order valence-corrected chi connectivity index (χ4v) is 1.18. The first-order chi connectivity index (χ1) is 7.07. The second-order valence-corrected chi connectivity index (χ2v) is 4.01. The van der Waals surface area contributed by atoms with Crippen molar-refractivity contribution in [3.05, 3.63) is 36.2 Å². The molecule has 15 heavy (non-hydrogen) atoms. The molecule has 4 heteroatoms. The third kappa shape index (κ3) is 2.05. The maximum absolute atomic E-state index is 5.86. The van der Waals surface area contributed by atoms with Crippen LogP contribution in [0, 0.1) is 0 Å². The van der Waals surface area contributed by atoms with Gasteiger partial charge >= 0.3 is 0 Å². The fourth-order valence-electron chi connectivity index (χ4n) is 1.18. The van der Waals surface area contributed by atoms with Crippen molar-refractivity contribution in [3.8, 4) is 11.5 Å². The van der Waals surface area contributed by atoms with Crippen LogP contribution in [0.3, 0.4) is 0 Å². The number of hydrogen-bond donors (Lipinski definition) is 1. The van der Waals surface area contributed by atoms with Crippen molar-refractivity contribution in [2.24, 2.45) is 5.73 Å². The van der Waals surface area contributed by atoms with Crippen LogP contribution in [0.2, 0.25) is 0 Å². The maximum Gasteiger partial charge on any atom is 0.257 e. The zero-order valence-electron chi connectivity index (χ0n) is 8.77. The molecule has 2 N–H and O–H groups in total. The lowest BCUT2D eigenvalue weighted by Crippen LogP contribution is -2.30. The quantitative estimate of drug-likeness (QED) is 0.809. The Labute approximate surface area is 88.1 Å². The predicted molar refractivity (Wildman–Crippen MR) is 56.9 cm³/mol. The molecule has 0 aliphatic carbocycles. The van der Waals surface area contributed by atoms with Crippen molar-refractivity contribution >= 4 is 0 Å². The van der Waals surface area contributed by atoms with Gasteiger partial charge in [-0.2, -0.15) is 4.98 Å². The van der Waals surface area contributed by atoms with Crippen LogP contribution in [0.15, 0.2) is 34.9 Å². The Kier molecular flexibility index (Phi) is 2.28. The van der Waals surface area contributed by atoms with Crippen LogP contribution in [0.4, 0.5) is 0 Å². The summed E-state index contributed by atoms with van der Waals surface area (Å²) in [6.45, 7) is 3.68. The molecule has 0 bridgehead atoms. The molecule has 0 saturated heterocycles. The summed E-state index contributed by atoms with van der Waals surface area (Å²) in [4.78, 5) is 4.25. The average molecular weight is 203 g/mol. The lowest BCUT2D eigenvalue weighted by Gasteiger charge is -2.11. The van der Waals surface area contributed by atoms with Crippen molar-refractivity contribution < 1.29 is 4.52 Å². The Morgan fingerprint density at radius 2 is 1.87 bits per heavy atom. The van der Waals surface area contributed by atoms with E-state index in [1.807, 2.05) is 44.2 Å². The topological polar surface area (TPSA) is 64.9 Å². The van der Waals surface area contributed by atoms with Crippen molar-refractivity contribution in [2.45, 2.75) is 19.4 Å². The molecule has 0 atom stereocenters. The summed E-state index contributed by atoms with van der Waals surface area (Å²) >= 11 is 0. The van der Waals surface area contributed by atoms with Crippen LogP contribution in [-0.2, 0) is 5.54 Å². The fraction of sp³-hybridized carbons (Fsp3) is 0.273. The van der Waals surface area contributed by atoms with E-state index >= 15 is 0 Å². The zero-order valence-corrected chi connectivity index (χ0v) is 8.77. The molecular formula is C11H13N3O. The van der Waals surface area contributed by atoms with Gasteiger partial charge in [0.1, 0.15) is 0 Å². The molecule has 2 aromatic rings. The molecule has 0 spiro atoms. The third-order valence-electron chi connectivity index (χ3n) is 2.02. The lowest BCUT2D eigenvalue weighted by molar-refractivity contribution is 0.397. The molecule has 0 aliphatic rings.